The molecular formula is C9H16N2S. The maximum Gasteiger partial charge on any atom is 0.0584 e. The van der Waals surface area contributed by atoms with Crippen LogP contribution in [0, 0.1) is 0 Å². The molecule has 1 rings (SSSR count). The molecule has 0 amide bonds. The van der Waals surface area contributed by atoms with E-state index >= 15 is 0 Å². The average Bonchev–Trinajstić information content (AvgIpc) is 2.57. The van der Waals surface area contributed by atoms with Gasteiger partial charge in [0.1, 0.15) is 0 Å². The maximum atomic E-state index is 4.48. The van der Waals surface area contributed by atoms with Crippen LogP contribution in [-0.2, 0) is 0 Å². The van der Waals surface area contributed by atoms with Crippen LogP contribution in [0.15, 0.2) is 4.99 Å². The number of likely N-dealkylation sites (tertiary alicyclic amines) is 1. The average molecular weight is 184 g/mol. The number of rotatable bonds is 5. The summed E-state index contributed by atoms with van der Waals surface area (Å²) in [5.74, 6) is 0. The van der Waals surface area contributed by atoms with Crippen LogP contribution in [-0.4, -0.2) is 36.2 Å². The highest BCUT2D eigenvalue weighted by atomic mass is 32.1. The Labute approximate surface area is 79.7 Å². The molecular weight excluding hydrogens is 168 g/mol. The van der Waals surface area contributed by atoms with Crippen molar-refractivity contribution >= 4 is 17.4 Å². The molecule has 0 aliphatic carbocycles. The molecule has 2 nitrogen and oxygen atoms in total. The third-order valence-corrected chi connectivity index (χ3v) is 2.39. The highest BCUT2D eigenvalue weighted by Crippen LogP contribution is 2.07. The van der Waals surface area contributed by atoms with Crippen LogP contribution in [0.3, 0.4) is 0 Å². The molecule has 1 aliphatic rings. The summed E-state index contributed by atoms with van der Waals surface area (Å²) >= 11 is 4.48. The number of aliphatic imine (C=N–C) groups is 1. The smallest absolute Gasteiger partial charge is 0.0584 e. The molecule has 1 heterocycles. The van der Waals surface area contributed by atoms with Gasteiger partial charge in [0.2, 0.25) is 0 Å². The number of nitrogens with zero attached hydrogens (tertiary/aromatic N) is 2. The second-order valence-corrected chi connectivity index (χ2v) is 3.41. The Morgan fingerprint density at radius 3 is 2.67 bits per heavy atom. The molecule has 0 unspecified atom stereocenters. The quantitative estimate of drug-likeness (QED) is 0.369. The normalized spacial score (nSPS) is 17.7. The van der Waals surface area contributed by atoms with E-state index in [4.69, 9.17) is 0 Å². The van der Waals surface area contributed by atoms with Gasteiger partial charge in [0.15, 0.2) is 0 Å². The van der Waals surface area contributed by atoms with Crippen molar-refractivity contribution in [1.29, 1.82) is 0 Å². The van der Waals surface area contributed by atoms with E-state index in [1.54, 1.807) is 0 Å². The summed E-state index contributed by atoms with van der Waals surface area (Å²) in [4.78, 5) is 6.41. The van der Waals surface area contributed by atoms with Gasteiger partial charge in [-0.15, -0.1) is 0 Å². The predicted molar refractivity (Wildman–Crippen MR) is 54.8 cm³/mol. The van der Waals surface area contributed by atoms with E-state index in [0.29, 0.717) is 0 Å². The maximum absolute atomic E-state index is 4.48. The standard InChI is InChI=1S/C9H16N2S/c12-9-10-5-1-2-6-11-7-3-4-8-11/h1-8H2. The van der Waals surface area contributed by atoms with Crippen LogP contribution in [0.25, 0.3) is 0 Å². The summed E-state index contributed by atoms with van der Waals surface area (Å²) in [7, 11) is 0. The van der Waals surface area contributed by atoms with Crippen molar-refractivity contribution in [1.82, 2.24) is 4.90 Å². The van der Waals surface area contributed by atoms with Gasteiger partial charge in [0, 0.05) is 6.54 Å². The number of isothiocyanates is 1. The zero-order valence-electron chi connectivity index (χ0n) is 7.46. The first kappa shape index (κ1) is 9.85. The summed E-state index contributed by atoms with van der Waals surface area (Å²) in [6.45, 7) is 4.71. The molecule has 0 atom stereocenters. The van der Waals surface area contributed by atoms with Crippen molar-refractivity contribution in [3.63, 3.8) is 0 Å². The minimum Gasteiger partial charge on any atom is -0.303 e. The van der Waals surface area contributed by atoms with E-state index in [9.17, 15) is 0 Å². The molecule has 12 heavy (non-hydrogen) atoms. The molecule has 0 aromatic heterocycles. The predicted octanol–water partition coefficient (Wildman–Crippen LogP) is 1.97. The van der Waals surface area contributed by atoms with E-state index in [1.165, 1.54) is 38.9 Å². The summed E-state index contributed by atoms with van der Waals surface area (Å²) in [6, 6.07) is 0. The summed E-state index contributed by atoms with van der Waals surface area (Å²) < 4.78 is 0. The third-order valence-electron chi connectivity index (χ3n) is 2.26. The van der Waals surface area contributed by atoms with Gasteiger partial charge in [-0.05, 0) is 57.5 Å². The Balaban J connectivity index is 1.91. The minimum absolute atomic E-state index is 0.858. The summed E-state index contributed by atoms with van der Waals surface area (Å²) in [5.41, 5.74) is 0. The van der Waals surface area contributed by atoms with E-state index in [1.807, 2.05) is 0 Å². The van der Waals surface area contributed by atoms with Crippen LogP contribution in [0.1, 0.15) is 25.7 Å². The molecule has 1 saturated heterocycles. The molecule has 1 fully saturated rings. The Kier molecular flexibility index (Phi) is 5.16. The minimum atomic E-state index is 0.858. The Morgan fingerprint density at radius 1 is 1.25 bits per heavy atom. The van der Waals surface area contributed by atoms with Crippen molar-refractivity contribution in [3.05, 3.63) is 0 Å². The number of hydrogen-bond acceptors (Lipinski definition) is 3. The van der Waals surface area contributed by atoms with Gasteiger partial charge >= 0.3 is 0 Å². The number of thiocarbonyl (C=S) groups is 1. The first-order valence-corrected chi connectivity index (χ1v) is 5.10. The number of hydrogen-bond donors (Lipinski definition) is 0. The van der Waals surface area contributed by atoms with Gasteiger partial charge in [0.05, 0.1) is 5.16 Å². The van der Waals surface area contributed by atoms with Crippen LogP contribution < -0.4 is 0 Å². The van der Waals surface area contributed by atoms with E-state index in [-0.39, 0.29) is 0 Å². The van der Waals surface area contributed by atoms with Gasteiger partial charge in [-0.25, -0.2) is 4.99 Å². The monoisotopic (exact) mass is 184 g/mol. The van der Waals surface area contributed by atoms with E-state index in [0.717, 1.165) is 13.0 Å². The molecule has 1 aliphatic heterocycles. The lowest BCUT2D eigenvalue weighted by atomic mass is 10.3. The fourth-order valence-corrected chi connectivity index (χ4v) is 1.67. The lowest BCUT2D eigenvalue weighted by molar-refractivity contribution is 0.331. The molecule has 0 radical (unpaired) electrons. The van der Waals surface area contributed by atoms with Gasteiger partial charge < -0.3 is 4.90 Å². The van der Waals surface area contributed by atoms with Crippen molar-refractivity contribution in [3.8, 4) is 0 Å². The fraction of sp³-hybridized carbons (Fsp3) is 0.889. The summed E-state index contributed by atoms with van der Waals surface area (Å²) in [6.07, 6.45) is 5.18. The highest BCUT2D eigenvalue weighted by Gasteiger charge is 2.09. The van der Waals surface area contributed by atoms with Crippen molar-refractivity contribution in [2.45, 2.75) is 25.7 Å². The molecule has 0 aromatic carbocycles. The van der Waals surface area contributed by atoms with E-state index < -0.39 is 0 Å². The SMILES string of the molecule is S=C=NCCCCN1CCCC1. The van der Waals surface area contributed by atoms with E-state index in [2.05, 4.69) is 27.3 Å². The first-order valence-electron chi connectivity index (χ1n) is 4.69. The lowest BCUT2D eigenvalue weighted by Gasteiger charge is -2.12. The topological polar surface area (TPSA) is 15.6 Å². The van der Waals surface area contributed by atoms with Crippen LogP contribution in [0.5, 0.6) is 0 Å². The molecule has 0 aromatic rings. The largest absolute Gasteiger partial charge is 0.303 e. The molecule has 68 valence electrons. The van der Waals surface area contributed by atoms with Crippen LogP contribution >= 0.6 is 12.2 Å². The molecule has 0 spiro atoms. The van der Waals surface area contributed by atoms with Gasteiger partial charge in [0.25, 0.3) is 0 Å². The number of unbranched alkanes of at least 4 members (excludes halogenated alkanes) is 1. The molecule has 0 N–H and O–H groups in total. The third kappa shape index (κ3) is 3.96. The molecule has 0 bridgehead atoms. The second kappa shape index (κ2) is 6.30. The first-order chi connectivity index (χ1) is 5.93. The van der Waals surface area contributed by atoms with Crippen LogP contribution in [0.4, 0.5) is 0 Å². The Hall–Kier alpha value is -0.240. The fourth-order valence-electron chi connectivity index (χ4n) is 1.58. The Bertz CT molecular complexity index is 158. The van der Waals surface area contributed by atoms with Gasteiger partial charge in [-0.1, -0.05) is 0 Å². The molecule has 3 heteroatoms. The summed E-state index contributed by atoms with van der Waals surface area (Å²) in [5, 5.41) is 2.39. The van der Waals surface area contributed by atoms with Gasteiger partial charge in [-0.2, -0.15) is 0 Å². The van der Waals surface area contributed by atoms with Crippen molar-refractivity contribution < 1.29 is 0 Å². The zero-order valence-corrected chi connectivity index (χ0v) is 8.28. The second-order valence-electron chi connectivity index (χ2n) is 3.23. The van der Waals surface area contributed by atoms with Crippen LogP contribution in [0.2, 0.25) is 0 Å². The highest BCUT2D eigenvalue weighted by molar-refractivity contribution is 7.78. The Morgan fingerprint density at radius 2 is 2.00 bits per heavy atom. The lowest BCUT2D eigenvalue weighted by Crippen LogP contribution is -2.20. The van der Waals surface area contributed by atoms with Gasteiger partial charge in [-0.3, -0.25) is 0 Å². The van der Waals surface area contributed by atoms with Crippen molar-refractivity contribution in [2.75, 3.05) is 26.2 Å². The van der Waals surface area contributed by atoms with Crippen molar-refractivity contribution in [2.24, 2.45) is 4.99 Å². The molecule has 0 saturated carbocycles. The zero-order chi connectivity index (χ0) is 8.65.